The standard InChI is InChI=1S/C38H34N4O2S2/c43-35(39-37(45)41(25-29-14-5-1-6-15-29)26-30-16-7-2-8-17-30)33-22-13-23-34(24-33)36(44)40-38(46)42(27-31-18-9-3-10-19-31)28-32-20-11-4-12-21-32/h1-24H,25-28H2,(H,39,43,45)(H,40,44,46). The average Bonchev–Trinajstić information content (AvgIpc) is 3.09. The van der Waals surface area contributed by atoms with Crippen molar-refractivity contribution < 1.29 is 9.59 Å². The van der Waals surface area contributed by atoms with E-state index in [0.717, 1.165) is 22.3 Å². The molecule has 0 saturated heterocycles. The molecule has 2 N–H and O–H groups in total. The van der Waals surface area contributed by atoms with E-state index in [2.05, 4.69) is 10.6 Å². The van der Waals surface area contributed by atoms with Crippen molar-refractivity contribution in [3.8, 4) is 0 Å². The van der Waals surface area contributed by atoms with Gasteiger partial charge in [0.15, 0.2) is 10.2 Å². The molecule has 5 aromatic carbocycles. The second kappa shape index (κ2) is 16.2. The molecule has 230 valence electrons. The van der Waals surface area contributed by atoms with Crippen LogP contribution >= 0.6 is 24.4 Å². The van der Waals surface area contributed by atoms with E-state index in [9.17, 15) is 9.59 Å². The van der Waals surface area contributed by atoms with E-state index >= 15 is 0 Å². The van der Waals surface area contributed by atoms with E-state index in [1.54, 1.807) is 24.3 Å². The Morgan fingerprint density at radius 1 is 0.435 bits per heavy atom. The molecule has 0 aliphatic rings. The van der Waals surface area contributed by atoms with Crippen molar-refractivity contribution in [2.24, 2.45) is 0 Å². The minimum atomic E-state index is -0.400. The lowest BCUT2D eigenvalue weighted by Crippen LogP contribution is -2.42. The van der Waals surface area contributed by atoms with Gasteiger partial charge >= 0.3 is 0 Å². The van der Waals surface area contributed by atoms with Crippen LogP contribution in [-0.4, -0.2) is 31.8 Å². The summed E-state index contributed by atoms with van der Waals surface area (Å²) >= 11 is 11.4. The van der Waals surface area contributed by atoms with E-state index in [0.29, 0.717) is 47.5 Å². The molecule has 0 spiro atoms. The number of thiocarbonyl (C=S) groups is 2. The molecule has 5 aromatic rings. The Morgan fingerprint density at radius 3 is 1.00 bits per heavy atom. The van der Waals surface area contributed by atoms with E-state index in [1.165, 1.54) is 0 Å². The molecule has 0 aliphatic carbocycles. The minimum Gasteiger partial charge on any atom is -0.340 e. The molecule has 5 rings (SSSR count). The molecule has 0 bridgehead atoms. The molecule has 2 amide bonds. The van der Waals surface area contributed by atoms with Crippen LogP contribution in [0.2, 0.25) is 0 Å². The summed E-state index contributed by atoms with van der Waals surface area (Å²) in [5.74, 6) is -0.800. The zero-order valence-electron chi connectivity index (χ0n) is 25.2. The number of hydrogen-bond acceptors (Lipinski definition) is 4. The Bertz CT molecular complexity index is 1560. The van der Waals surface area contributed by atoms with Crippen LogP contribution in [0.15, 0.2) is 146 Å². The first-order chi connectivity index (χ1) is 22.4. The fourth-order valence-electron chi connectivity index (χ4n) is 4.91. The van der Waals surface area contributed by atoms with Gasteiger partial charge in [-0.1, -0.05) is 127 Å². The summed E-state index contributed by atoms with van der Waals surface area (Å²) in [5.41, 5.74) is 4.89. The molecular weight excluding hydrogens is 609 g/mol. The topological polar surface area (TPSA) is 64.7 Å². The Kier molecular flexibility index (Phi) is 11.4. The summed E-state index contributed by atoms with van der Waals surface area (Å²) in [6.45, 7) is 2.10. The predicted molar refractivity (Wildman–Crippen MR) is 191 cm³/mol. The molecule has 0 aliphatic heterocycles. The number of amides is 2. The quantitative estimate of drug-likeness (QED) is 0.158. The minimum absolute atomic E-state index is 0.297. The van der Waals surface area contributed by atoms with Crippen LogP contribution in [0.25, 0.3) is 0 Å². The summed E-state index contributed by atoms with van der Waals surface area (Å²) < 4.78 is 0. The lowest BCUT2D eigenvalue weighted by atomic mass is 10.1. The summed E-state index contributed by atoms with van der Waals surface area (Å²) in [5, 5.41) is 6.33. The molecule has 46 heavy (non-hydrogen) atoms. The van der Waals surface area contributed by atoms with Gasteiger partial charge in [0, 0.05) is 37.3 Å². The summed E-state index contributed by atoms with van der Waals surface area (Å²) in [6.07, 6.45) is 0. The fourth-order valence-corrected chi connectivity index (χ4v) is 5.36. The van der Waals surface area contributed by atoms with Gasteiger partial charge in [0.25, 0.3) is 11.8 Å². The van der Waals surface area contributed by atoms with Gasteiger partial charge in [-0.3, -0.25) is 20.2 Å². The third-order valence-electron chi connectivity index (χ3n) is 7.27. The maximum atomic E-state index is 13.4. The molecule has 0 saturated carbocycles. The third-order valence-corrected chi connectivity index (χ3v) is 7.99. The highest BCUT2D eigenvalue weighted by atomic mass is 32.1. The molecule has 8 heteroatoms. The summed E-state index contributed by atoms with van der Waals surface area (Å²) in [4.78, 5) is 30.7. The van der Waals surface area contributed by atoms with Crippen molar-refractivity contribution in [1.82, 2.24) is 20.4 Å². The molecule has 6 nitrogen and oxygen atoms in total. The first-order valence-corrected chi connectivity index (χ1v) is 15.7. The van der Waals surface area contributed by atoms with E-state index in [4.69, 9.17) is 24.4 Å². The maximum absolute atomic E-state index is 13.4. The number of nitrogens with zero attached hydrogens (tertiary/aromatic N) is 2. The van der Waals surface area contributed by atoms with Crippen molar-refractivity contribution in [1.29, 1.82) is 0 Å². The van der Waals surface area contributed by atoms with Crippen LogP contribution in [0.1, 0.15) is 43.0 Å². The van der Waals surface area contributed by atoms with Crippen molar-refractivity contribution >= 4 is 46.5 Å². The van der Waals surface area contributed by atoms with Crippen LogP contribution in [0.3, 0.4) is 0 Å². The SMILES string of the molecule is O=C(NC(=S)N(Cc1ccccc1)Cc1ccccc1)c1cccc(C(=O)NC(=S)N(Cc2ccccc2)Cc2ccccc2)c1. The Balaban J connectivity index is 1.26. The average molecular weight is 643 g/mol. The van der Waals surface area contributed by atoms with Crippen LogP contribution in [0, 0.1) is 0 Å². The maximum Gasteiger partial charge on any atom is 0.257 e. The lowest BCUT2D eigenvalue weighted by molar-refractivity contribution is 0.0971. The number of carbonyl (C=O) groups is 2. The Labute approximate surface area is 280 Å². The highest BCUT2D eigenvalue weighted by Gasteiger charge is 2.19. The van der Waals surface area contributed by atoms with Gasteiger partial charge in [-0.2, -0.15) is 0 Å². The molecule has 0 radical (unpaired) electrons. The van der Waals surface area contributed by atoms with Gasteiger partial charge in [0.1, 0.15) is 0 Å². The molecular formula is C38H34N4O2S2. The van der Waals surface area contributed by atoms with Gasteiger partial charge in [0.2, 0.25) is 0 Å². The zero-order chi connectivity index (χ0) is 32.1. The summed E-state index contributed by atoms with van der Waals surface area (Å²) in [6, 6.07) is 46.4. The van der Waals surface area contributed by atoms with E-state index in [1.807, 2.05) is 131 Å². The predicted octanol–water partition coefficient (Wildman–Crippen LogP) is 7.12. The second-order valence-electron chi connectivity index (χ2n) is 10.8. The third kappa shape index (κ3) is 9.41. The van der Waals surface area contributed by atoms with Crippen molar-refractivity contribution in [2.75, 3.05) is 0 Å². The number of hydrogen-bond donors (Lipinski definition) is 2. The van der Waals surface area contributed by atoms with E-state index < -0.39 is 11.8 Å². The van der Waals surface area contributed by atoms with Gasteiger partial charge in [-0.25, -0.2) is 0 Å². The van der Waals surface area contributed by atoms with Crippen LogP contribution < -0.4 is 10.6 Å². The van der Waals surface area contributed by atoms with Crippen molar-refractivity contribution in [2.45, 2.75) is 26.2 Å². The van der Waals surface area contributed by atoms with E-state index in [-0.39, 0.29) is 0 Å². The Hall–Kier alpha value is -5.18. The van der Waals surface area contributed by atoms with Gasteiger partial charge in [0.05, 0.1) is 0 Å². The molecule has 0 atom stereocenters. The largest absolute Gasteiger partial charge is 0.340 e. The number of carbonyl (C=O) groups excluding carboxylic acids is 2. The number of benzene rings is 5. The normalized spacial score (nSPS) is 10.4. The highest BCUT2D eigenvalue weighted by molar-refractivity contribution is 7.80. The van der Waals surface area contributed by atoms with Crippen molar-refractivity contribution in [3.63, 3.8) is 0 Å². The Morgan fingerprint density at radius 2 is 0.717 bits per heavy atom. The van der Waals surface area contributed by atoms with Crippen LogP contribution in [-0.2, 0) is 26.2 Å². The van der Waals surface area contributed by atoms with Gasteiger partial charge < -0.3 is 9.80 Å². The van der Waals surface area contributed by atoms with Gasteiger partial charge in [-0.15, -0.1) is 0 Å². The number of nitrogens with one attached hydrogen (secondary N) is 2. The molecule has 0 unspecified atom stereocenters. The van der Waals surface area contributed by atoms with Crippen LogP contribution in [0.4, 0.5) is 0 Å². The second-order valence-corrected chi connectivity index (χ2v) is 11.5. The monoisotopic (exact) mass is 642 g/mol. The number of rotatable bonds is 10. The smallest absolute Gasteiger partial charge is 0.257 e. The molecule has 0 heterocycles. The highest BCUT2D eigenvalue weighted by Crippen LogP contribution is 2.14. The lowest BCUT2D eigenvalue weighted by Gasteiger charge is -2.26. The van der Waals surface area contributed by atoms with Crippen LogP contribution in [0.5, 0.6) is 0 Å². The fraction of sp³-hybridized carbons (Fsp3) is 0.105. The first-order valence-electron chi connectivity index (χ1n) is 14.9. The van der Waals surface area contributed by atoms with Crippen molar-refractivity contribution in [3.05, 3.63) is 179 Å². The van der Waals surface area contributed by atoms with Gasteiger partial charge in [-0.05, 0) is 64.9 Å². The first kappa shape index (κ1) is 32.2. The molecule has 0 fully saturated rings. The molecule has 0 aromatic heterocycles. The summed E-state index contributed by atoms with van der Waals surface area (Å²) in [7, 11) is 0. The zero-order valence-corrected chi connectivity index (χ0v) is 26.8.